The van der Waals surface area contributed by atoms with Crippen LogP contribution in [0.1, 0.15) is 17.4 Å². The van der Waals surface area contributed by atoms with Crippen LogP contribution < -0.4 is 10.1 Å². The van der Waals surface area contributed by atoms with E-state index in [0.29, 0.717) is 6.42 Å². The maximum atomic E-state index is 12.2. The third kappa shape index (κ3) is 2.94. The number of hydrogen-bond donors (Lipinski definition) is 2. The molecule has 0 bridgehead atoms. The summed E-state index contributed by atoms with van der Waals surface area (Å²) in [5, 5.41) is 15.1. The highest BCUT2D eigenvalue weighted by molar-refractivity contribution is 7.10. The molecule has 2 aromatic rings. The van der Waals surface area contributed by atoms with Gasteiger partial charge in [-0.15, -0.1) is 11.3 Å². The second-order valence-corrected chi connectivity index (χ2v) is 6.33. The normalized spacial score (nSPS) is 19.4. The molecule has 0 radical (unpaired) electrons. The van der Waals surface area contributed by atoms with Crippen LogP contribution in [0.5, 0.6) is 5.75 Å². The van der Waals surface area contributed by atoms with Crippen molar-refractivity contribution in [1.29, 1.82) is 0 Å². The van der Waals surface area contributed by atoms with Crippen LogP contribution >= 0.6 is 11.3 Å². The molecule has 0 fully saturated rings. The van der Waals surface area contributed by atoms with Crippen LogP contribution in [0, 0.1) is 0 Å². The lowest BCUT2D eigenvalue weighted by molar-refractivity contribution is -0.128. The molecule has 2 atom stereocenters. The van der Waals surface area contributed by atoms with E-state index in [9.17, 15) is 9.90 Å². The van der Waals surface area contributed by atoms with Gasteiger partial charge in [0.15, 0.2) is 6.10 Å². The molecule has 5 heteroatoms. The summed E-state index contributed by atoms with van der Waals surface area (Å²) in [6.45, 7) is 1.87. The summed E-state index contributed by atoms with van der Waals surface area (Å²) in [5.74, 6) is 0.575. The molecule has 1 aliphatic rings. The Morgan fingerprint density at radius 2 is 2.24 bits per heavy atom. The zero-order valence-electron chi connectivity index (χ0n) is 11.7. The molecule has 1 aromatic heterocycles. The Morgan fingerprint density at radius 1 is 1.43 bits per heavy atom. The average Bonchev–Trinajstić information content (AvgIpc) is 3.13. The minimum absolute atomic E-state index is 0.169. The Balaban J connectivity index is 1.59. The predicted molar refractivity (Wildman–Crippen MR) is 81.5 cm³/mol. The lowest BCUT2D eigenvalue weighted by atomic mass is 10.0. The minimum atomic E-state index is -1.06. The monoisotopic (exact) mass is 303 g/mol. The first-order valence-electron chi connectivity index (χ1n) is 6.85. The van der Waals surface area contributed by atoms with E-state index in [-0.39, 0.29) is 12.5 Å². The minimum Gasteiger partial charge on any atom is -0.480 e. The third-order valence-electron chi connectivity index (χ3n) is 3.60. The maximum absolute atomic E-state index is 12.2. The van der Waals surface area contributed by atoms with Crippen molar-refractivity contribution in [2.75, 3.05) is 6.54 Å². The summed E-state index contributed by atoms with van der Waals surface area (Å²) < 4.78 is 5.63. The predicted octanol–water partition coefficient (Wildman–Crippen LogP) is 2.08. The fourth-order valence-corrected chi connectivity index (χ4v) is 3.16. The second-order valence-electron chi connectivity index (χ2n) is 5.39. The highest BCUT2D eigenvalue weighted by atomic mass is 32.1. The van der Waals surface area contributed by atoms with Crippen molar-refractivity contribution < 1.29 is 14.6 Å². The molecule has 0 saturated carbocycles. The van der Waals surface area contributed by atoms with Gasteiger partial charge in [0.25, 0.3) is 5.91 Å². The maximum Gasteiger partial charge on any atom is 0.261 e. The van der Waals surface area contributed by atoms with Crippen LogP contribution in [0.15, 0.2) is 41.8 Å². The van der Waals surface area contributed by atoms with E-state index >= 15 is 0 Å². The molecule has 1 aliphatic heterocycles. The van der Waals surface area contributed by atoms with Crippen molar-refractivity contribution in [3.63, 3.8) is 0 Å². The van der Waals surface area contributed by atoms with Gasteiger partial charge in [0, 0.05) is 11.3 Å². The quantitative estimate of drug-likeness (QED) is 0.909. The Kier molecular flexibility index (Phi) is 3.69. The van der Waals surface area contributed by atoms with Crippen LogP contribution in [-0.2, 0) is 16.8 Å². The van der Waals surface area contributed by atoms with Gasteiger partial charge in [-0.3, -0.25) is 4.79 Å². The summed E-state index contributed by atoms with van der Waals surface area (Å²) in [6, 6.07) is 11.4. The van der Waals surface area contributed by atoms with Crippen molar-refractivity contribution in [1.82, 2.24) is 5.32 Å². The smallest absolute Gasteiger partial charge is 0.261 e. The van der Waals surface area contributed by atoms with Gasteiger partial charge >= 0.3 is 0 Å². The average molecular weight is 303 g/mol. The van der Waals surface area contributed by atoms with E-state index in [1.54, 1.807) is 6.92 Å². The van der Waals surface area contributed by atoms with Gasteiger partial charge in [-0.25, -0.2) is 0 Å². The van der Waals surface area contributed by atoms with Crippen molar-refractivity contribution in [2.45, 2.75) is 25.0 Å². The molecule has 4 nitrogen and oxygen atoms in total. The zero-order valence-corrected chi connectivity index (χ0v) is 12.5. The molecule has 110 valence electrons. The van der Waals surface area contributed by atoms with Gasteiger partial charge in [0.2, 0.25) is 0 Å². The lowest BCUT2D eigenvalue weighted by Crippen LogP contribution is -2.44. The van der Waals surface area contributed by atoms with E-state index < -0.39 is 11.7 Å². The molecular weight excluding hydrogens is 286 g/mol. The SMILES string of the molecule is CC(O)(CNC(=O)C1Cc2ccccc2O1)c1cccs1. The number of rotatable bonds is 4. The highest BCUT2D eigenvalue weighted by Gasteiger charge is 2.31. The number of aliphatic hydroxyl groups is 1. The summed E-state index contributed by atoms with van der Waals surface area (Å²) in [5.41, 5.74) is -0.0161. The number of hydrogen-bond acceptors (Lipinski definition) is 4. The molecule has 2 heterocycles. The van der Waals surface area contributed by atoms with Crippen LogP contribution in [0.4, 0.5) is 0 Å². The topological polar surface area (TPSA) is 58.6 Å². The number of benzene rings is 1. The van der Waals surface area contributed by atoms with Crippen molar-refractivity contribution in [3.8, 4) is 5.75 Å². The molecule has 0 aliphatic carbocycles. The number of para-hydroxylation sites is 1. The lowest BCUT2D eigenvalue weighted by Gasteiger charge is -2.23. The van der Waals surface area contributed by atoms with E-state index in [2.05, 4.69) is 5.32 Å². The van der Waals surface area contributed by atoms with Crippen LogP contribution in [0.25, 0.3) is 0 Å². The first kappa shape index (κ1) is 14.1. The van der Waals surface area contributed by atoms with Crippen molar-refractivity contribution in [3.05, 3.63) is 52.2 Å². The largest absolute Gasteiger partial charge is 0.480 e. The van der Waals surface area contributed by atoms with E-state index in [0.717, 1.165) is 16.2 Å². The molecule has 3 rings (SSSR count). The van der Waals surface area contributed by atoms with Crippen molar-refractivity contribution >= 4 is 17.2 Å². The van der Waals surface area contributed by atoms with Gasteiger partial charge in [0.1, 0.15) is 11.4 Å². The van der Waals surface area contributed by atoms with Gasteiger partial charge in [-0.05, 0) is 30.0 Å². The zero-order chi connectivity index (χ0) is 14.9. The molecule has 21 heavy (non-hydrogen) atoms. The fraction of sp³-hybridized carbons (Fsp3) is 0.312. The number of nitrogens with one attached hydrogen (secondary N) is 1. The first-order valence-corrected chi connectivity index (χ1v) is 7.73. The van der Waals surface area contributed by atoms with Gasteiger partial charge in [0.05, 0.1) is 6.54 Å². The first-order chi connectivity index (χ1) is 10.1. The number of carbonyl (C=O) groups excluding carboxylic acids is 1. The number of ether oxygens (including phenoxy) is 1. The van der Waals surface area contributed by atoms with Crippen molar-refractivity contribution in [2.24, 2.45) is 0 Å². The summed E-state index contributed by atoms with van der Waals surface area (Å²) >= 11 is 1.47. The highest BCUT2D eigenvalue weighted by Crippen LogP contribution is 2.28. The number of fused-ring (bicyclic) bond motifs is 1. The van der Waals surface area contributed by atoms with Crippen LogP contribution in [0.2, 0.25) is 0 Å². The summed E-state index contributed by atoms with van der Waals surface area (Å²) in [4.78, 5) is 13.0. The van der Waals surface area contributed by atoms with Crippen LogP contribution in [-0.4, -0.2) is 23.7 Å². The number of amides is 1. The summed E-state index contributed by atoms with van der Waals surface area (Å²) in [6.07, 6.45) is 0.0601. The van der Waals surface area contributed by atoms with E-state index in [1.165, 1.54) is 11.3 Å². The van der Waals surface area contributed by atoms with Crippen LogP contribution in [0.3, 0.4) is 0 Å². The number of thiophene rings is 1. The van der Waals surface area contributed by atoms with Gasteiger partial charge in [-0.1, -0.05) is 24.3 Å². The number of carbonyl (C=O) groups is 1. The molecular formula is C16H17NO3S. The molecule has 0 spiro atoms. The fourth-order valence-electron chi connectivity index (χ4n) is 2.37. The Hall–Kier alpha value is -1.85. The third-order valence-corrected chi connectivity index (χ3v) is 4.72. The second kappa shape index (κ2) is 5.50. The van der Waals surface area contributed by atoms with E-state index in [1.807, 2.05) is 41.8 Å². The van der Waals surface area contributed by atoms with E-state index in [4.69, 9.17) is 4.74 Å². The Labute approximate surface area is 127 Å². The molecule has 2 unspecified atom stereocenters. The molecule has 2 N–H and O–H groups in total. The molecule has 1 amide bonds. The summed E-state index contributed by atoms with van der Waals surface area (Å²) in [7, 11) is 0. The Bertz CT molecular complexity index is 612. The standard InChI is InChI=1S/C16H17NO3S/c1-16(19,14-7-4-8-21-14)10-17-15(18)13-9-11-5-2-3-6-12(11)20-13/h2-8,13,19H,9-10H2,1H3,(H,17,18). The van der Waals surface area contributed by atoms with Gasteiger partial charge in [-0.2, -0.15) is 0 Å². The van der Waals surface area contributed by atoms with Gasteiger partial charge < -0.3 is 15.2 Å². The molecule has 0 saturated heterocycles. The molecule has 1 aromatic carbocycles. The Morgan fingerprint density at radius 3 is 2.95 bits per heavy atom.